The van der Waals surface area contributed by atoms with Crippen LogP contribution in [0, 0.1) is 10.1 Å². The van der Waals surface area contributed by atoms with Crippen LogP contribution in [0.2, 0.25) is 0 Å². The fourth-order valence-electron chi connectivity index (χ4n) is 3.38. The molecule has 0 atom stereocenters. The number of nitrogens with zero attached hydrogens (tertiary/aromatic N) is 1. The third kappa shape index (κ3) is 4.59. The predicted molar refractivity (Wildman–Crippen MR) is 121 cm³/mol. The molecule has 0 spiro atoms. The van der Waals surface area contributed by atoms with Crippen molar-refractivity contribution in [2.75, 3.05) is 0 Å². The van der Waals surface area contributed by atoms with Gasteiger partial charge in [0.05, 0.1) is 4.92 Å². The summed E-state index contributed by atoms with van der Waals surface area (Å²) >= 11 is 0. The number of rotatable bonds is 6. The lowest BCUT2D eigenvalue weighted by Gasteiger charge is -2.20. The summed E-state index contributed by atoms with van der Waals surface area (Å²) in [6, 6.07) is 36.8. The Kier molecular flexibility index (Phi) is 5.79. The van der Waals surface area contributed by atoms with Crippen LogP contribution in [0.1, 0.15) is 11.1 Å². The van der Waals surface area contributed by atoms with Crippen molar-refractivity contribution >= 4 is 29.5 Å². The van der Waals surface area contributed by atoms with E-state index in [1.165, 1.54) is 21.5 Å². The number of nitro benzene ring substituents is 1. The van der Waals surface area contributed by atoms with Crippen LogP contribution >= 0.6 is 7.92 Å². The fraction of sp³-hybridized carbons (Fsp3) is 0.0400. The largest absolute Gasteiger partial charge is 0.269 e. The van der Waals surface area contributed by atoms with Gasteiger partial charge in [-0.05, 0) is 41.4 Å². The zero-order valence-electron chi connectivity index (χ0n) is 15.8. The van der Waals surface area contributed by atoms with Gasteiger partial charge in [0, 0.05) is 12.1 Å². The molecule has 4 heteroatoms. The summed E-state index contributed by atoms with van der Waals surface area (Å²) in [4.78, 5) is 10.5. The summed E-state index contributed by atoms with van der Waals surface area (Å²) < 4.78 is 0. The highest BCUT2D eigenvalue weighted by Gasteiger charge is 2.16. The maximum Gasteiger partial charge on any atom is 0.269 e. The van der Waals surface area contributed by atoms with Gasteiger partial charge >= 0.3 is 0 Å². The topological polar surface area (TPSA) is 43.1 Å². The molecule has 142 valence electrons. The first-order valence-electron chi connectivity index (χ1n) is 9.43. The van der Waals surface area contributed by atoms with Crippen LogP contribution in [0.15, 0.2) is 109 Å². The quantitative estimate of drug-likeness (QED) is 0.263. The minimum Gasteiger partial charge on any atom is -0.258 e. The molecule has 4 rings (SSSR count). The highest BCUT2D eigenvalue weighted by molar-refractivity contribution is 7.79. The Morgan fingerprint density at radius 2 is 1.17 bits per heavy atom. The van der Waals surface area contributed by atoms with E-state index in [2.05, 4.69) is 72.8 Å². The summed E-state index contributed by atoms with van der Waals surface area (Å²) in [5.74, 6) is 0. The van der Waals surface area contributed by atoms with E-state index >= 15 is 0 Å². The van der Waals surface area contributed by atoms with Crippen molar-refractivity contribution in [3.63, 3.8) is 0 Å². The fourth-order valence-corrected chi connectivity index (χ4v) is 5.74. The van der Waals surface area contributed by atoms with Gasteiger partial charge in [-0.15, -0.1) is 0 Å². The molecule has 0 aliphatic heterocycles. The van der Waals surface area contributed by atoms with Crippen LogP contribution in [0.3, 0.4) is 0 Å². The number of hydrogen-bond donors (Lipinski definition) is 0. The molecule has 0 unspecified atom stereocenters. The maximum atomic E-state index is 10.9. The van der Waals surface area contributed by atoms with Gasteiger partial charge in [-0.1, -0.05) is 97.1 Å². The number of nitro groups is 1. The monoisotopic (exact) mass is 397 g/mol. The predicted octanol–water partition coefficient (Wildman–Crippen LogP) is 4.94. The van der Waals surface area contributed by atoms with E-state index < -0.39 is 7.92 Å². The first kappa shape index (κ1) is 19.0. The highest BCUT2D eigenvalue weighted by atomic mass is 31.1. The summed E-state index contributed by atoms with van der Waals surface area (Å²) in [6.07, 6.45) is 0.749. The number of benzene rings is 4. The Bertz CT molecular complexity index is 1060. The molecule has 29 heavy (non-hydrogen) atoms. The Morgan fingerprint density at radius 3 is 1.72 bits per heavy atom. The van der Waals surface area contributed by atoms with E-state index in [0.29, 0.717) is 0 Å². The van der Waals surface area contributed by atoms with Gasteiger partial charge < -0.3 is 0 Å². The van der Waals surface area contributed by atoms with Gasteiger partial charge in [0.25, 0.3) is 5.69 Å². The molecule has 0 radical (unpaired) electrons. The third-order valence-corrected chi connectivity index (χ3v) is 7.18. The molecule has 0 fully saturated rings. The molecular formula is C25H20NO2P. The van der Waals surface area contributed by atoms with Crippen LogP contribution in [0.25, 0.3) is 0 Å². The Labute approximate surface area is 171 Å². The summed E-state index contributed by atoms with van der Waals surface area (Å²) in [6.45, 7) is 0. The average molecular weight is 397 g/mol. The molecule has 3 nitrogen and oxygen atoms in total. The van der Waals surface area contributed by atoms with Crippen LogP contribution in [-0.4, -0.2) is 4.92 Å². The molecular weight excluding hydrogens is 377 g/mol. The number of non-ortho nitro benzene ring substituents is 1. The Morgan fingerprint density at radius 1 is 0.621 bits per heavy atom. The lowest BCUT2D eigenvalue weighted by atomic mass is 10.0. The Hall–Kier alpha value is -3.29. The summed E-state index contributed by atoms with van der Waals surface area (Å²) in [7, 11) is -0.640. The molecule has 0 aromatic heterocycles. The van der Waals surface area contributed by atoms with Crippen molar-refractivity contribution in [2.45, 2.75) is 6.42 Å². The average Bonchev–Trinajstić information content (AvgIpc) is 2.76. The SMILES string of the molecule is O=[N+]([O-])c1ccc(Cc2cccc(P(c3ccccc3)c3ccccc3)c2)cc1. The molecule has 0 saturated carbocycles. The van der Waals surface area contributed by atoms with Crippen molar-refractivity contribution in [1.29, 1.82) is 0 Å². The van der Waals surface area contributed by atoms with Crippen LogP contribution in [0.5, 0.6) is 0 Å². The maximum absolute atomic E-state index is 10.9. The van der Waals surface area contributed by atoms with Gasteiger partial charge in [0.1, 0.15) is 0 Å². The van der Waals surface area contributed by atoms with E-state index in [1.807, 2.05) is 24.3 Å². The van der Waals surface area contributed by atoms with E-state index in [9.17, 15) is 10.1 Å². The third-order valence-electron chi connectivity index (χ3n) is 4.75. The molecule has 0 aliphatic rings. The van der Waals surface area contributed by atoms with Gasteiger partial charge in [-0.3, -0.25) is 10.1 Å². The molecule has 4 aromatic rings. The lowest BCUT2D eigenvalue weighted by Crippen LogP contribution is -2.20. The van der Waals surface area contributed by atoms with Crippen LogP contribution in [-0.2, 0) is 6.42 Å². The van der Waals surface area contributed by atoms with Crippen molar-refractivity contribution in [1.82, 2.24) is 0 Å². The standard InChI is InChI=1S/C25H20NO2P/c27-26(28)22-16-14-20(15-17-22)18-21-8-7-13-25(19-21)29(23-9-3-1-4-10-23)24-11-5-2-6-12-24/h1-17,19H,18H2. The van der Waals surface area contributed by atoms with Gasteiger partial charge in [0.2, 0.25) is 0 Å². The normalized spacial score (nSPS) is 10.8. The zero-order chi connectivity index (χ0) is 20.1. The van der Waals surface area contributed by atoms with Gasteiger partial charge in [-0.2, -0.15) is 0 Å². The highest BCUT2D eigenvalue weighted by Crippen LogP contribution is 2.33. The van der Waals surface area contributed by atoms with Crippen molar-refractivity contribution < 1.29 is 4.92 Å². The van der Waals surface area contributed by atoms with Crippen molar-refractivity contribution in [3.05, 3.63) is 130 Å². The molecule has 0 saturated heterocycles. The minimum atomic E-state index is -0.640. The van der Waals surface area contributed by atoms with E-state index in [1.54, 1.807) is 12.1 Å². The first-order valence-corrected chi connectivity index (χ1v) is 10.8. The van der Waals surface area contributed by atoms with E-state index in [0.717, 1.165) is 12.0 Å². The van der Waals surface area contributed by atoms with Crippen LogP contribution < -0.4 is 15.9 Å². The minimum absolute atomic E-state index is 0.124. The molecule has 0 bridgehead atoms. The van der Waals surface area contributed by atoms with E-state index in [-0.39, 0.29) is 10.6 Å². The molecule has 0 amide bonds. The first-order chi connectivity index (χ1) is 14.2. The van der Waals surface area contributed by atoms with E-state index in [4.69, 9.17) is 0 Å². The second-order valence-corrected chi connectivity index (χ2v) is 9.00. The lowest BCUT2D eigenvalue weighted by molar-refractivity contribution is -0.384. The molecule has 0 heterocycles. The molecule has 4 aromatic carbocycles. The van der Waals surface area contributed by atoms with Gasteiger partial charge in [-0.25, -0.2) is 0 Å². The smallest absolute Gasteiger partial charge is 0.258 e. The van der Waals surface area contributed by atoms with Crippen molar-refractivity contribution in [3.8, 4) is 0 Å². The molecule has 0 aliphatic carbocycles. The van der Waals surface area contributed by atoms with Crippen molar-refractivity contribution in [2.24, 2.45) is 0 Å². The second kappa shape index (κ2) is 8.81. The zero-order valence-corrected chi connectivity index (χ0v) is 16.7. The Balaban J connectivity index is 1.67. The summed E-state index contributed by atoms with van der Waals surface area (Å²) in [5.41, 5.74) is 2.39. The second-order valence-electron chi connectivity index (χ2n) is 6.78. The van der Waals surface area contributed by atoms with Gasteiger partial charge in [0.15, 0.2) is 0 Å². The van der Waals surface area contributed by atoms with Crippen LogP contribution in [0.4, 0.5) is 5.69 Å². The summed E-state index contributed by atoms with van der Waals surface area (Å²) in [5, 5.41) is 14.8. The molecule has 0 N–H and O–H groups in total. The number of hydrogen-bond acceptors (Lipinski definition) is 2.